The molecule has 0 bridgehead atoms. The number of rotatable bonds is 7. The Labute approximate surface area is 142 Å². The first-order valence-corrected chi connectivity index (χ1v) is 8.11. The second kappa shape index (κ2) is 8.93. The first kappa shape index (κ1) is 19.5. The molecule has 0 fully saturated rings. The lowest BCUT2D eigenvalue weighted by Crippen LogP contribution is -2.49. The molecule has 1 heterocycles. The minimum atomic E-state index is -1.68. The summed E-state index contributed by atoms with van der Waals surface area (Å²) in [5.41, 5.74) is -1.68. The van der Waals surface area contributed by atoms with Gasteiger partial charge in [-0.1, -0.05) is 13.3 Å². The van der Waals surface area contributed by atoms with Crippen molar-refractivity contribution in [2.75, 3.05) is 26.3 Å². The topological polar surface area (TPSA) is 103 Å². The Morgan fingerprint density at radius 3 is 2.38 bits per heavy atom. The van der Waals surface area contributed by atoms with Gasteiger partial charge in [0.25, 0.3) is 0 Å². The molecule has 0 aliphatic carbocycles. The minimum absolute atomic E-state index is 0.000697. The van der Waals surface area contributed by atoms with Crippen LogP contribution in [-0.2, 0) is 19.1 Å². The Bertz CT molecular complexity index is 572. The number of carbonyl (C=O) groups excluding carboxylic acids is 2. The van der Waals surface area contributed by atoms with E-state index >= 15 is 0 Å². The summed E-state index contributed by atoms with van der Waals surface area (Å²) in [5, 5.41) is 19.2. The van der Waals surface area contributed by atoms with Gasteiger partial charge < -0.3 is 14.4 Å². The molecule has 24 heavy (non-hydrogen) atoms. The molecule has 7 nitrogen and oxygen atoms in total. The van der Waals surface area contributed by atoms with Crippen molar-refractivity contribution < 1.29 is 19.1 Å². The van der Waals surface area contributed by atoms with E-state index in [1.807, 2.05) is 19.1 Å². The van der Waals surface area contributed by atoms with Crippen LogP contribution < -0.4 is 0 Å². The molecule has 0 N–H and O–H groups in total. The SMILES string of the molecule is CCCCN1C=C(C(=O)OCC)C(C(=O)OCC)C(C#N)(C#N)C1. The van der Waals surface area contributed by atoms with E-state index in [4.69, 9.17) is 9.47 Å². The highest BCUT2D eigenvalue weighted by Gasteiger charge is 2.53. The summed E-state index contributed by atoms with van der Waals surface area (Å²) in [6.07, 6.45) is 3.29. The van der Waals surface area contributed by atoms with Gasteiger partial charge in [0.2, 0.25) is 0 Å². The number of nitriles is 2. The summed E-state index contributed by atoms with van der Waals surface area (Å²) in [6, 6.07) is 3.88. The molecule has 7 heteroatoms. The van der Waals surface area contributed by atoms with Crippen molar-refractivity contribution >= 4 is 11.9 Å². The van der Waals surface area contributed by atoms with Crippen LogP contribution in [0.15, 0.2) is 11.8 Å². The summed E-state index contributed by atoms with van der Waals surface area (Å²) < 4.78 is 10.0. The van der Waals surface area contributed by atoms with Gasteiger partial charge in [0, 0.05) is 12.7 Å². The van der Waals surface area contributed by atoms with Crippen molar-refractivity contribution in [3.05, 3.63) is 11.8 Å². The molecule has 1 atom stereocenters. The van der Waals surface area contributed by atoms with Crippen molar-refractivity contribution in [2.45, 2.75) is 33.6 Å². The van der Waals surface area contributed by atoms with Crippen molar-refractivity contribution in [3.63, 3.8) is 0 Å². The zero-order valence-corrected chi connectivity index (χ0v) is 14.4. The van der Waals surface area contributed by atoms with Crippen LogP contribution in [0, 0.1) is 34.0 Å². The molecule has 1 unspecified atom stereocenters. The fraction of sp³-hybridized carbons (Fsp3) is 0.647. The number of nitrogens with zero attached hydrogens (tertiary/aromatic N) is 3. The van der Waals surface area contributed by atoms with Crippen LogP contribution in [0.1, 0.15) is 33.6 Å². The molecule has 1 aliphatic heterocycles. The highest BCUT2D eigenvalue weighted by atomic mass is 16.5. The molecule has 0 aromatic carbocycles. The first-order chi connectivity index (χ1) is 11.5. The van der Waals surface area contributed by atoms with Crippen LogP contribution in [0.25, 0.3) is 0 Å². The van der Waals surface area contributed by atoms with Gasteiger partial charge in [-0.15, -0.1) is 0 Å². The molecular formula is C17H23N3O4. The third-order valence-corrected chi connectivity index (χ3v) is 3.81. The van der Waals surface area contributed by atoms with Crippen molar-refractivity contribution in [2.24, 2.45) is 11.3 Å². The van der Waals surface area contributed by atoms with Gasteiger partial charge in [-0.05, 0) is 20.3 Å². The van der Waals surface area contributed by atoms with E-state index in [2.05, 4.69) is 0 Å². The van der Waals surface area contributed by atoms with Crippen LogP contribution in [0.5, 0.6) is 0 Å². The second-order valence-electron chi connectivity index (χ2n) is 5.51. The van der Waals surface area contributed by atoms with E-state index in [1.165, 1.54) is 6.20 Å². The molecule has 0 saturated carbocycles. The Kier molecular flexibility index (Phi) is 7.26. The summed E-state index contributed by atoms with van der Waals surface area (Å²) in [7, 11) is 0. The van der Waals surface area contributed by atoms with Gasteiger partial charge in [0.15, 0.2) is 5.41 Å². The molecule has 0 amide bonds. The summed E-state index contributed by atoms with van der Waals surface area (Å²) in [5.74, 6) is -2.73. The van der Waals surface area contributed by atoms with E-state index in [0.717, 1.165) is 12.8 Å². The summed E-state index contributed by atoms with van der Waals surface area (Å²) in [6.45, 7) is 6.15. The normalized spacial score (nSPS) is 18.8. The quantitative estimate of drug-likeness (QED) is 0.654. The third kappa shape index (κ3) is 4.05. The standard InChI is InChI=1S/C17H23N3O4/c1-4-7-8-20-9-13(15(21)23-5-2)14(16(22)24-6-3)17(10-18,11-19)12-20/h9,14H,4-8,12H2,1-3H3. The zero-order valence-electron chi connectivity index (χ0n) is 14.4. The van der Waals surface area contributed by atoms with Gasteiger partial charge in [0.1, 0.15) is 5.92 Å². The maximum absolute atomic E-state index is 12.4. The molecule has 0 saturated heterocycles. The van der Waals surface area contributed by atoms with Crippen molar-refractivity contribution in [1.82, 2.24) is 4.90 Å². The van der Waals surface area contributed by atoms with Crippen LogP contribution >= 0.6 is 0 Å². The predicted octanol–water partition coefficient (Wildman–Crippen LogP) is 1.76. The van der Waals surface area contributed by atoms with Gasteiger partial charge >= 0.3 is 11.9 Å². The molecule has 1 aliphatic rings. The summed E-state index contributed by atoms with van der Waals surface area (Å²) in [4.78, 5) is 26.4. The molecule has 130 valence electrons. The monoisotopic (exact) mass is 333 g/mol. The van der Waals surface area contributed by atoms with E-state index in [-0.39, 0.29) is 25.3 Å². The number of hydrogen-bond donors (Lipinski definition) is 0. The Hall–Kier alpha value is -2.54. The lowest BCUT2D eigenvalue weighted by atomic mass is 9.71. The van der Waals surface area contributed by atoms with E-state index in [1.54, 1.807) is 18.7 Å². The highest BCUT2D eigenvalue weighted by Crippen LogP contribution is 2.39. The summed E-state index contributed by atoms with van der Waals surface area (Å²) >= 11 is 0. The second-order valence-corrected chi connectivity index (χ2v) is 5.51. The highest BCUT2D eigenvalue weighted by molar-refractivity contribution is 5.97. The fourth-order valence-electron chi connectivity index (χ4n) is 2.66. The van der Waals surface area contributed by atoms with E-state index in [0.29, 0.717) is 6.54 Å². The zero-order chi connectivity index (χ0) is 18.2. The van der Waals surface area contributed by atoms with Crippen LogP contribution in [0.3, 0.4) is 0 Å². The molecule has 1 rings (SSSR count). The number of ether oxygens (including phenoxy) is 2. The maximum atomic E-state index is 12.4. The lowest BCUT2D eigenvalue weighted by molar-refractivity contribution is -0.153. The van der Waals surface area contributed by atoms with Crippen LogP contribution in [-0.4, -0.2) is 43.1 Å². The van der Waals surface area contributed by atoms with Gasteiger partial charge in [-0.2, -0.15) is 10.5 Å². The molecule has 0 spiro atoms. The number of carbonyl (C=O) groups is 2. The maximum Gasteiger partial charge on any atom is 0.336 e. The van der Waals surface area contributed by atoms with E-state index < -0.39 is 23.3 Å². The lowest BCUT2D eigenvalue weighted by Gasteiger charge is -2.38. The fourth-order valence-corrected chi connectivity index (χ4v) is 2.66. The third-order valence-electron chi connectivity index (χ3n) is 3.81. The number of esters is 2. The Morgan fingerprint density at radius 2 is 1.88 bits per heavy atom. The largest absolute Gasteiger partial charge is 0.465 e. The van der Waals surface area contributed by atoms with Gasteiger partial charge in [-0.25, -0.2) is 4.79 Å². The smallest absolute Gasteiger partial charge is 0.336 e. The molecular weight excluding hydrogens is 310 g/mol. The molecule has 0 aromatic rings. The Balaban J connectivity index is 3.38. The molecule has 0 aromatic heterocycles. The number of hydrogen-bond acceptors (Lipinski definition) is 7. The molecule has 0 radical (unpaired) electrons. The van der Waals surface area contributed by atoms with E-state index in [9.17, 15) is 20.1 Å². The van der Waals surface area contributed by atoms with Gasteiger partial charge in [-0.3, -0.25) is 4.79 Å². The average Bonchev–Trinajstić information content (AvgIpc) is 2.59. The van der Waals surface area contributed by atoms with Gasteiger partial charge in [0.05, 0.1) is 37.5 Å². The van der Waals surface area contributed by atoms with Crippen molar-refractivity contribution in [3.8, 4) is 12.1 Å². The predicted molar refractivity (Wildman–Crippen MR) is 85.0 cm³/mol. The number of unbranched alkanes of at least 4 members (excludes halogenated alkanes) is 1. The minimum Gasteiger partial charge on any atom is -0.465 e. The van der Waals surface area contributed by atoms with Crippen LogP contribution in [0.2, 0.25) is 0 Å². The average molecular weight is 333 g/mol. The van der Waals surface area contributed by atoms with Crippen molar-refractivity contribution in [1.29, 1.82) is 10.5 Å². The van der Waals surface area contributed by atoms with Crippen LogP contribution in [0.4, 0.5) is 0 Å². The Morgan fingerprint density at radius 1 is 1.25 bits per heavy atom. The first-order valence-electron chi connectivity index (χ1n) is 8.11.